The molecule has 0 aromatic heterocycles. The first-order chi connectivity index (χ1) is 10.2. The lowest BCUT2D eigenvalue weighted by Crippen LogP contribution is -2.39. The van der Waals surface area contributed by atoms with Gasteiger partial charge in [0.2, 0.25) is 0 Å². The zero-order valence-corrected chi connectivity index (χ0v) is 16.3. The van der Waals surface area contributed by atoms with E-state index >= 15 is 0 Å². The van der Waals surface area contributed by atoms with Crippen molar-refractivity contribution in [2.75, 3.05) is 19.8 Å². The lowest BCUT2D eigenvalue weighted by molar-refractivity contribution is -0.105. The van der Waals surface area contributed by atoms with Crippen LogP contribution in [0.2, 0.25) is 0 Å². The summed E-state index contributed by atoms with van der Waals surface area (Å²) in [5.41, 5.74) is -0.0340. The molecule has 0 aromatic rings. The van der Waals surface area contributed by atoms with Crippen molar-refractivity contribution in [2.24, 2.45) is 11.3 Å². The average molecular weight is 317 g/mol. The maximum Gasteiger partial charge on any atom is 0.0570 e. The molecule has 0 rings (SSSR count). The van der Waals surface area contributed by atoms with Crippen molar-refractivity contribution in [1.82, 2.24) is 0 Å². The third-order valence-corrected chi connectivity index (χ3v) is 3.66. The lowest BCUT2D eigenvalue weighted by atomic mass is 9.83. The molecule has 0 aliphatic carbocycles. The molecule has 22 heavy (non-hydrogen) atoms. The van der Waals surface area contributed by atoms with Gasteiger partial charge in [-0.05, 0) is 53.9 Å². The smallest absolute Gasteiger partial charge is 0.0570 e. The van der Waals surface area contributed by atoms with E-state index in [0.717, 1.165) is 12.3 Å². The molecule has 3 nitrogen and oxygen atoms in total. The Labute approximate surface area is 139 Å². The Morgan fingerprint density at radius 3 is 1.27 bits per heavy atom. The zero-order valence-electron chi connectivity index (χ0n) is 16.3. The van der Waals surface area contributed by atoms with Crippen molar-refractivity contribution >= 4 is 0 Å². The Hall–Kier alpha value is -0.120. The first kappa shape index (κ1) is 21.9. The van der Waals surface area contributed by atoms with Crippen LogP contribution in [0.5, 0.6) is 0 Å². The van der Waals surface area contributed by atoms with E-state index in [1.54, 1.807) is 0 Å². The maximum atomic E-state index is 5.97. The van der Waals surface area contributed by atoms with Crippen LogP contribution in [0.25, 0.3) is 0 Å². The molecule has 0 radical (unpaired) electrons. The summed E-state index contributed by atoms with van der Waals surface area (Å²) in [6, 6.07) is 0. The first-order valence-electron chi connectivity index (χ1n) is 9.01. The van der Waals surface area contributed by atoms with Gasteiger partial charge in [-0.15, -0.1) is 0 Å². The van der Waals surface area contributed by atoms with Gasteiger partial charge in [-0.2, -0.15) is 0 Å². The molecule has 0 aliphatic rings. The van der Waals surface area contributed by atoms with Crippen LogP contribution in [-0.2, 0) is 14.2 Å². The van der Waals surface area contributed by atoms with Crippen LogP contribution in [0.3, 0.4) is 0 Å². The Morgan fingerprint density at radius 1 is 0.636 bits per heavy atom. The van der Waals surface area contributed by atoms with Crippen LogP contribution in [0.15, 0.2) is 0 Å². The summed E-state index contributed by atoms with van der Waals surface area (Å²) < 4.78 is 17.9. The number of hydrogen-bond donors (Lipinski definition) is 0. The van der Waals surface area contributed by atoms with E-state index in [-0.39, 0.29) is 23.7 Å². The number of ether oxygens (including phenoxy) is 3. The monoisotopic (exact) mass is 316 g/mol. The summed E-state index contributed by atoms with van der Waals surface area (Å²) in [5.74, 6) is 0.737. The molecule has 0 N–H and O–H groups in total. The van der Waals surface area contributed by atoms with Gasteiger partial charge in [0.1, 0.15) is 0 Å². The third-order valence-electron chi connectivity index (χ3n) is 3.66. The van der Waals surface area contributed by atoms with E-state index in [4.69, 9.17) is 14.2 Å². The molecule has 0 aromatic carbocycles. The van der Waals surface area contributed by atoms with Crippen molar-refractivity contribution in [3.8, 4) is 0 Å². The van der Waals surface area contributed by atoms with Crippen LogP contribution in [0, 0.1) is 11.3 Å². The Kier molecular flexibility index (Phi) is 11.4. The van der Waals surface area contributed by atoms with E-state index in [1.165, 1.54) is 12.8 Å². The van der Waals surface area contributed by atoms with Crippen molar-refractivity contribution in [2.45, 2.75) is 93.0 Å². The van der Waals surface area contributed by atoms with E-state index in [1.807, 2.05) is 0 Å². The van der Waals surface area contributed by atoms with Crippen molar-refractivity contribution in [1.29, 1.82) is 0 Å². The van der Waals surface area contributed by atoms with Gasteiger partial charge in [-0.25, -0.2) is 0 Å². The SMILES string of the molecule is CC(C)CCCC(COC(C)C)(COC(C)C)COC(C)C. The predicted octanol–water partition coefficient (Wildman–Crippen LogP) is 5.07. The largest absolute Gasteiger partial charge is 0.378 e. The highest BCUT2D eigenvalue weighted by atomic mass is 16.5. The Morgan fingerprint density at radius 2 is 1.00 bits per heavy atom. The minimum Gasteiger partial charge on any atom is -0.378 e. The number of rotatable bonds is 13. The van der Waals surface area contributed by atoms with Crippen LogP contribution in [0.4, 0.5) is 0 Å². The van der Waals surface area contributed by atoms with Gasteiger partial charge >= 0.3 is 0 Å². The molecule has 134 valence electrons. The fourth-order valence-electron chi connectivity index (χ4n) is 2.26. The summed E-state index contributed by atoms with van der Waals surface area (Å²) in [7, 11) is 0. The topological polar surface area (TPSA) is 27.7 Å². The molecule has 0 bridgehead atoms. The molecule has 0 heterocycles. The normalized spacial score (nSPS) is 13.1. The van der Waals surface area contributed by atoms with E-state index < -0.39 is 0 Å². The van der Waals surface area contributed by atoms with Crippen LogP contribution in [-0.4, -0.2) is 38.1 Å². The van der Waals surface area contributed by atoms with E-state index in [0.29, 0.717) is 19.8 Å². The minimum absolute atomic E-state index is 0.0340. The van der Waals surface area contributed by atoms with Gasteiger partial charge in [-0.1, -0.05) is 26.7 Å². The zero-order chi connectivity index (χ0) is 17.2. The molecular formula is C19H40O3. The third kappa shape index (κ3) is 11.4. The maximum absolute atomic E-state index is 5.97. The van der Waals surface area contributed by atoms with Gasteiger partial charge in [0.25, 0.3) is 0 Å². The molecule has 3 heteroatoms. The lowest BCUT2D eigenvalue weighted by Gasteiger charge is -2.35. The Balaban J connectivity index is 4.83. The second-order valence-corrected chi connectivity index (χ2v) is 7.87. The van der Waals surface area contributed by atoms with Crippen molar-refractivity contribution < 1.29 is 14.2 Å². The highest BCUT2D eigenvalue weighted by Crippen LogP contribution is 2.29. The second kappa shape index (κ2) is 11.4. The minimum atomic E-state index is -0.0340. The standard InChI is InChI=1S/C19H40O3/c1-15(2)10-9-11-19(12-20-16(3)4,13-21-17(5)6)14-22-18(7)8/h15-18H,9-14H2,1-8H3. The van der Waals surface area contributed by atoms with E-state index in [9.17, 15) is 0 Å². The molecule has 0 amide bonds. The van der Waals surface area contributed by atoms with Crippen molar-refractivity contribution in [3.63, 3.8) is 0 Å². The fourth-order valence-corrected chi connectivity index (χ4v) is 2.26. The van der Waals surface area contributed by atoms with Crippen LogP contribution < -0.4 is 0 Å². The second-order valence-electron chi connectivity index (χ2n) is 7.87. The first-order valence-corrected chi connectivity index (χ1v) is 9.01. The predicted molar refractivity (Wildman–Crippen MR) is 94.4 cm³/mol. The molecule has 0 aliphatic heterocycles. The summed E-state index contributed by atoms with van der Waals surface area (Å²) in [5, 5.41) is 0. The molecule has 0 unspecified atom stereocenters. The molecule has 0 atom stereocenters. The molecule has 0 spiro atoms. The molecule has 0 saturated carbocycles. The summed E-state index contributed by atoms with van der Waals surface area (Å²) in [4.78, 5) is 0. The van der Waals surface area contributed by atoms with E-state index in [2.05, 4.69) is 55.4 Å². The summed E-state index contributed by atoms with van der Waals surface area (Å²) in [6.07, 6.45) is 4.25. The summed E-state index contributed by atoms with van der Waals surface area (Å²) >= 11 is 0. The molecule has 0 fully saturated rings. The van der Waals surface area contributed by atoms with Gasteiger partial charge in [-0.3, -0.25) is 0 Å². The summed E-state index contributed by atoms with van der Waals surface area (Å²) in [6.45, 7) is 19.2. The van der Waals surface area contributed by atoms with Crippen LogP contribution >= 0.6 is 0 Å². The van der Waals surface area contributed by atoms with Crippen molar-refractivity contribution in [3.05, 3.63) is 0 Å². The fraction of sp³-hybridized carbons (Fsp3) is 1.00. The van der Waals surface area contributed by atoms with Gasteiger partial charge in [0.15, 0.2) is 0 Å². The van der Waals surface area contributed by atoms with Gasteiger partial charge in [0, 0.05) is 5.41 Å². The molecular weight excluding hydrogens is 276 g/mol. The quantitative estimate of drug-likeness (QED) is 0.474. The highest BCUT2D eigenvalue weighted by Gasteiger charge is 2.32. The average Bonchev–Trinajstić information content (AvgIpc) is 2.39. The molecule has 0 saturated heterocycles. The highest BCUT2D eigenvalue weighted by molar-refractivity contribution is 4.80. The van der Waals surface area contributed by atoms with Gasteiger partial charge < -0.3 is 14.2 Å². The number of hydrogen-bond acceptors (Lipinski definition) is 3. The van der Waals surface area contributed by atoms with Gasteiger partial charge in [0.05, 0.1) is 38.1 Å². The Bertz CT molecular complexity index is 228. The van der Waals surface area contributed by atoms with Crippen LogP contribution in [0.1, 0.15) is 74.7 Å².